The van der Waals surface area contributed by atoms with E-state index in [0.29, 0.717) is 5.75 Å². The van der Waals surface area contributed by atoms with Crippen LogP contribution in [0.15, 0.2) is 51.8 Å². The average molecular weight is 458 g/mol. The molecule has 0 aliphatic heterocycles. The molecule has 0 aliphatic rings. The van der Waals surface area contributed by atoms with Crippen LogP contribution in [0.3, 0.4) is 0 Å². The minimum Gasteiger partial charge on any atom is -0.506 e. The number of hydrogen-bond acceptors (Lipinski definition) is 5. The largest absolute Gasteiger partial charge is 0.506 e. The highest BCUT2D eigenvalue weighted by molar-refractivity contribution is 9.10. The number of rotatable bonds is 7. The zero-order valence-electron chi connectivity index (χ0n) is 14.4. The summed E-state index contributed by atoms with van der Waals surface area (Å²) in [7, 11) is -3.41. The predicted molar refractivity (Wildman–Crippen MR) is 109 cm³/mol. The van der Waals surface area contributed by atoms with Gasteiger partial charge in [-0.1, -0.05) is 35.0 Å². The van der Waals surface area contributed by atoms with E-state index in [9.17, 15) is 18.3 Å². The molecule has 0 aromatic heterocycles. The van der Waals surface area contributed by atoms with Crippen molar-refractivity contribution in [1.82, 2.24) is 0 Å². The number of carbonyl (C=O) groups excluding carboxylic acids is 1. The molecule has 1 amide bonds. The topological polar surface area (TPSA) is 83.5 Å². The van der Waals surface area contributed by atoms with E-state index >= 15 is 0 Å². The van der Waals surface area contributed by atoms with Crippen LogP contribution in [-0.4, -0.2) is 30.4 Å². The van der Waals surface area contributed by atoms with Crippen molar-refractivity contribution in [2.45, 2.75) is 29.7 Å². The summed E-state index contributed by atoms with van der Waals surface area (Å²) in [5.74, 6) is 0.148. The van der Waals surface area contributed by atoms with Crippen molar-refractivity contribution in [3.63, 3.8) is 0 Å². The van der Waals surface area contributed by atoms with Crippen molar-refractivity contribution < 1.29 is 18.3 Å². The first-order chi connectivity index (χ1) is 12.2. The molecular weight excluding hydrogens is 438 g/mol. The molecule has 0 bridgehead atoms. The first-order valence-corrected chi connectivity index (χ1v) is 11.4. The van der Waals surface area contributed by atoms with Gasteiger partial charge in [0, 0.05) is 10.2 Å². The van der Waals surface area contributed by atoms with E-state index < -0.39 is 9.84 Å². The van der Waals surface area contributed by atoms with E-state index in [1.54, 1.807) is 13.8 Å². The molecule has 2 aromatic carbocycles. The maximum Gasteiger partial charge on any atom is 0.237 e. The van der Waals surface area contributed by atoms with E-state index in [2.05, 4.69) is 21.2 Å². The quantitative estimate of drug-likeness (QED) is 0.608. The fraction of sp³-hybridized carbons (Fsp3) is 0.278. The second-order valence-corrected chi connectivity index (χ2v) is 10.2. The number of sulfone groups is 1. The molecule has 140 valence electrons. The van der Waals surface area contributed by atoms with Crippen LogP contribution in [0.1, 0.15) is 19.4 Å². The number of anilines is 1. The number of benzene rings is 2. The van der Waals surface area contributed by atoms with Crippen molar-refractivity contribution in [1.29, 1.82) is 0 Å². The van der Waals surface area contributed by atoms with Crippen LogP contribution in [0.2, 0.25) is 0 Å². The van der Waals surface area contributed by atoms with Gasteiger partial charge < -0.3 is 10.4 Å². The Morgan fingerprint density at radius 3 is 2.50 bits per heavy atom. The lowest BCUT2D eigenvalue weighted by molar-refractivity contribution is -0.115. The Hall–Kier alpha value is -1.51. The molecule has 0 radical (unpaired) electrons. The average Bonchev–Trinajstić information content (AvgIpc) is 2.62. The Morgan fingerprint density at radius 1 is 1.23 bits per heavy atom. The van der Waals surface area contributed by atoms with Crippen LogP contribution in [0, 0.1) is 0 Å². The van der Waals surface area contributed by atoms with Gasteiger partial charge in [-0.3, -0.25) is 4.79 Å². The number of phenolic OH excluding ortho intramolecular Hbond substituents is 1. The molecule has 0 heterocycles. The lowest BCUT2D eigenvalue weighted by atomic mass is 10.2. The smallest absolute Gasteiger partial charge is 0.237 e. The minimum atomic E-state index is -3.41. The van der Waals surface area contributed by atoms with Crippen LogP contribution in [0.4, 0.5) is 5.69 Å². The van der Waals surface area contributed by atoms with Gasteiger partial charge in [-0.15, -0.1) is 11.8 Å². The number of nitrogens with one attached hydrogen (secondary N) is 1. The molecule has 2 rings (SSSR count). The van der Waals surface area contributed by atoms with Gasteiger partial charge in [-0.05, 0) is 42.8 Å². The van der Waals surface area contributed by atoms with Crippen LogP contribution in [0.5, 0.6) is 5.75 Å². The summed E-state index contributed by atoms with van der Waals surface area (Å²) in [5, 5.41) is 12.2. The van der Waals surface area contributed by atoms with Gasteiger partial charge in [0.25, 0.3) is 0 Å². The van der Waals surface area contributed by atoms with Gasteiger partial charge in [0.05, 0.1) is 21.6 Å². The summed E-state index contributed by atoms with van der Waals surface area (Å²) in [6.07, 6.45) is 0. The maximum absolute atomic E-state index is 12.4. The summed E-state index contributed by atoms with van der Waals surface area (Å²) < 4.78 is 24.9. The third-order valence-corrected chi connectivity index (χ3v) is 7.22. The van der Waals surface area contributed by atoms with Gasteiger partial charge in [0.1, 0.15) is 5.75 Å². The fourth-order valence-electron chi connectivity index (χ4n) is 2.09. The molecule has 0 saturated carbocycles. The second kappa shape index (κ2) is 8.92. The van der Waals surface area contributed by atoms with E-state index in [-0.39, 0.29) is 33.2 Å². The second-order valence-electron chi connectivity index (χ2n) is 5.65. The monoisotopic (exact) mass is 457 g/mol. The van der Waals surface area contributed by atoms with Crippen molar-refractivity contribution >= 4 is 49.1 Å². The SMILES string of the molecule is CCS(=O)(=O)c1ccc(O)c(NC(=O)[C@H](C)SCc2ccc(Br)cc2)c1. The zero-order chi connectivity index (χ0) is 19.3. The first-order valence-electron chi connectivity index (χ1n) is 7.95. The van der Waals surface area contributed by atoms with Crippen molar-refractivity contribution in [2.24, 2.45) is 0 Å². The van der Waals surface area contributed by atoms with Crippen LogP contribution < -0.4 is 5.32 Å². The number of aromatic hydroxyl groups is 1. The molecule has 5 nitrogen and oxygen atoms in total. The van der Waals surface area contributed by atoms with Crippen molar-refractivity contribution in [3.8, 4) is 5.75 Å². The molecule has 8 heteroatoms. The molecular formula is C18H20BrNO4S2. The number of carbonyl (C=O) groups is 1. The molecule has 2 aromatic rings. The summed E-state index contributed by atoms with van der Waals surface area (Å²) >= 11 is 4.84. The van der Waals surface area contributed by atoms with Gasteiger partial charge in [0.2, 0.25) is 5.91 Å². The third-order valence-electron chi connectivity index (χ3n) is 3.75. The maximum atomic E-state index is 12.4. The Kier molecular flexibility index (Phi) is 7.14. The lowest BCUT2D eigenvalue weighted by Crippen LogP contribution is -2.22. The van der Waals surface area contributed by atoms with Gasteiger partial charge in [0.15, 0.2) is 9.84 Å². The highest BCUT2D eigenvalue weighted by Crippen LogP contribution is 2.28. The number of hydrogen-bond donors (Lipinski definition) is 2. The zero-order valence-corrected chi connectivity index (χ0v) is 17.6. The Labute approximate surface area is 166 Å². The molecule has 0 unspecified atom stereocenters. The standard InChI is InChI=1S/C18H20BrNO4S2/c1-3-26(23,24)15-8-9-17(21)16(10-15)20-18(22)12(2)25-11-13-4-6-14(19)7-5-13/h4-10,12,21H,3,11H2,1-2H3,(H,20,22)/t12-/m0/s1. The molecule has 0 fully saturated rings. The van der Waals surface area contributed by atoms with E-state index in [1.165, 1.54) is 30.0 Å². The summed E-state index contributed by atoms with van der Waals surface area (Å²) in [4.78, 5) is 12.4. The van der Waals surface area contributed by atoms with E-state index in [0.717, 1.165) is 10.0 Å². The lowest BCUT2D eigenvalue weighted by Gasteiger charge is -2.14. The highest BCUT2D eigenvalue weighted by Gasteiger charge is 2.18. The highest BCUT2D eigenvalue weighted by atomic mass is 79.9. The van der Waals surface area contributed by atoms with Crippen molar-refractivity contribution in [3.05, 3.63) is 52.5 Å². The summed E-state index contributed by atoms with van der Waals surface area (Å²) in [5.41, 5.74) is 1.19. The normalized spacial score (nSPS) is 12.6. The van der Waals surface area contributed by atoms with E-state index in [1.807, 2.05) is 24.3 Å². The molecule has 1 atom stereocenters. The van der Waals surface area contributed by atoms with Gasteiger partial charge >= 0.3 is 0 Å². The van der Waals surface area contributed by atoms with Crippen LogP contribution in [0.25, 0.3) is 0 Å². The van der Waals surface area contributed by atoms with Gasteiger partial charge in [-0.2, -0.15) is 0 Å². The molecule has 0 saturated heterocycles. The fourth-order valence-corrected chi connectivity index (χ4v) is 4.10. The number of halogens is 1. The van der Waals surface area contributed by atoms with Crippen LogP contribution >= 0.6 is 27.7 Å². The predicted octanol–water partition coefficient (Wildman–Crippen LogP) is 4.21. The van der Waals surface area contributed by atoms with Crippen molar-refractivity contribution in [2.75, 3.05) is 11.1 Å². The Balaban J connectivity index is 2.04. The van der Waals surface area contributed by atoms with E-state index in [4.69, 9.17) is 0 Å². The third kappa shape index (κ3) is 5.49. The van der Waals surface area contributed by atoms with Gasteiger partial charge in [-0.25, -0.2) is 8.42 Å². The molecule has 0 aliphatic carbocycles. The minimum absolute atomic E-state index is 0.0510. The Morgan fingerprint density at radius 2 is 1.88 bits per heavy atom. The number of amides is 1. The Bertz CT molecular complexity index is 883. The molecule has 0 spiro atoms. The first kappa shape index (κ1) is 20.8. The number of phenols is 1. The molecule has 26 heavy (non-hydrogen) atoms. The summed E-state index contributed by atoms with van der Waals surface area (Å²) in [6, 6.07) is 11.7. The number of thioether (sulfide) groups is 1. The summed E-state index contributed by atoms with van der Waals surface area (Å²) in [6.45, 7) is 3.31. The van der Waals surface area contributed by atoms with Crippen LogP contribution in [-0.2, 0) is 20.4 Å². The molecule has 2 N–H and O–H groups in total.